The molecular weight excluding hydrogens is 254 g/mol. The molecule has 0 aromatic heterocycles. The highest BCUT2D eigenvalue weighted by Gasteiger charge is 2.01. The Morgan fingerprint density at radius 1 is 1.00 bits per heavy atom. The maximum absolute atomic E-state index is 9.36. The van der Waals surface area contributed by atoms with E-state index < -0.39 is 0 Å². The lowest BCUT2D eigenvalue weighted by molar-refractivity contribution is 0.475. The minimum Gasteiger partial charge on any atom is -0.508 e. The SMILES string of the molecule is Nc1ccc(-c2cccc(O)c2)cc1Br. The second-order valence-electron chi connectivity index (χ2n) is 3.29. The summed E-state index contributed by atoms with van der Waals surface area (Å²) in [5.41, 5.74) is 8.40. The largest absolute Gasteiger partial charge is 0.508 e. The van der Waals surface area contributed by atoms with Gasteiger partial charge in [0.2, 0.25) is 0 Å². The molecule has 0 aliphatic heterocycles. The normalized spacial score (nSPS) is 10.2. The highest BCUT2D eigenvalue weighted by molar-refractivity contribution is 9.10. The van der Waals surface area contributed by atoms with E-state index in [1.807, 2.05) is 30.3 Å². The fourth-order valence-corrected chi connectivity index (χ4v) is 1.77. The van der Waals surface area contributed by atoms with Crippen molar-refractivity contribution in [2.45, 2.75) is 0 Å². The molecule has 3 N–H and O–H groups in total. The van der Waals surface area contributed by atoms with Crippen molar-refractivity contribution in [2.24, 2.45) is 0 Å². The number of hydrogen-bond acceptors (Lipinski definition) is 2. The molecule has 0 aliphatic carbocycles. The summed E-state index contributed by atoms with van der Waals surface area (Å²) in [7, 11) is 0. The third kappa shape index (κ3) is 2.13. The standard InChI is InChI=1S/C12H10BrNO/c13-11-7-9(4-5-12(11)14)8-2-1-3-10(15)6-8/h1-7,15H,14H2. The van der Waals surface area contributed by atoms with Crippen LogP contribution in [0.2, 0.25) is 0 Å². The third-order valence-electron chi connectivity index (χ3n) is 2.18. The molecule has 0 spiro atoms. The summed E-state index contributed by atoms with van der Waals surface area (Å²) >= 11 is 3.37. The summed E-state index contributed by atoms with van der Waals surface area (Å²) in [6, 6.07) is 12.8. The van der Waals surface area contributed by atoms with Gasteiger partial charge in [0.25, 0.3) is 0 Å². The van der Waals surface area contributed by atoms with E-state index >= 15 is 0 Å². The van der Waals surface area contributed by atoms with Crippen LogP contribution in [0.15, 0.2) is 46.9 Å². The van der Waals surface area contributed by atoms with Crippen molar-refractivity contribution in [1.29, 1.82) is 0 Å². The average molecular weight is 264 g/mol. The van der Waals surface area contributed by atoms with E-state index in [0.29, 0.717) is 5.69 Å². The van der Waals surface area contributed by atoms with E-state index in [4.69, 9.17) is 5.73 Å². The van der Waals surface area contributed by atoms with Gasteiger partial charge in [-0.25, -0.2) is 0 Å². The summed E-state index contributed by atoms with van der Waals surface area (Å²) in [6.07, 6.45) is 0. The summed E-state index contributed by atoms with van der Waals surface area (Å²) in [5.74, 6) is 0.264. The number of halogens is 1. The zero-order chi connectivity index (χ0) is 10.8. The van der Waals surface area contributed by atoms with Crippen LogP contribution in [0.5, 0.6) is 5.75 Å². The number of rotatable bonds is 1. The number of nitrogen functional groups attached to an aromatic ring is 1. The van der Waals surface area contributed by atoms with Gasteiger partial charge in [0.05, 0.1) is 0 Å². The Kier molecular flexibility index (Phi) is 2.64. The molecule has 0 saturated carbocycles. The van der Waals surface area contributed by atoms with Gasteiger partial charge in [0.1, 0.15) is 5.75 Å². The van der Waals surface area contributed by atoms with Crippen molar-refractivity contribution in [1.82, 2.24) is 0 Å². The zero-order valence-electron chi connectivity index (χ0n) is 7.94. The Morgan fingerprint density at radius 2 is 1.73 bits per heavy atom. The highest BCUT2D eigenvalue weighted by Crippen LogP contribution is 2.28. The first-order chi connectivity index (χ1) is 7.16. The number of phenols is 1. The topological polar surface area (TPSA) is 46.2 Å². The van der Waals surface area contributed by atoms with Gasteiger partial charge in [-0.3, -0.25) is 0 Å². The quantitative estimate of drug-likeness (QED) is 0.775. The number of anilines is 1. The van der Waals surface area contributed by atoms with Gasteiger partial charge < -0.3 is 10.8 Å². The molecule has 0 atom stereocenters. The lowest BCUT2D eigenvalue weighted by Gasteiger charge is -2.04. The number of aromatic hydroxyl groups is 1. The molecule has 0 amide bonds. The first-order valence-electron chi connectivity index (χ1n) is 4.51. The molecule has 76 valence electrons. The molecule has 0 saturated heterocycles. The Bertz CT molecular complexity index is 497. The summed E-state index contributed by atoms with van der Waals surface area (Å²) in [6.45, 7) is 0. The van der Waals surface area contributed by atoms with E-state index in [1.54, 1.807) is 12.1 Å². The van der Waals surface area contributed by atoms with Crippen LogP contribution >= 0.6 is 15.9 Å². The fourth-order valence-electron chi connectivity index (χ4n) is 1.39. The van der Waals surface area contributed by atoms with Crippen molar-refractivity contribution < 1.29 is 5.11 Å². The van der Waals surface area contributed by atoms with Gasteiger partial charge in [-0.2, -0.15) is 0 Å². The molecule has 2 aromatic rings. The molecule has 0 bridgehead atoms. The first-order valence-corrected chi connectivity index (χ1v) is 5.30. The zero-order valence-corrected chi connectivity index (χ0v) is 9.53. The Labute approximate surface area is 96.5 Å². The van der Waals surface area contributed by atoms with Gasteiger partial charge in [0.15, 0.2) is 0 Å². The molecule has 2 nitrogen and oxygen atoms in total. The van der Waals surface area contributed by atoms with Gasteiger partial charge in [0, 0.05) is 10.2 Å². The van der Waals surface area contributed by atoms with E-state index in [0.717, 1.165) is 15.6 Å². The van der Waals surface area contributed by atoms with E-state index in [-0.39, 0.29) is 5.75 Å². The van der Waals surface area contributed by atoms with E-state index in [9.17, 15) is 5.11 Å². The Hall–Kier alpha value is -1.48. The maximum atomic E-state index is 9.36. The van der Waals surface area contributed by atoms with Gasteiger partial charge in [-0.05, 0) is 51.3 Å². The summed E-state index contributed by atoms with van der Waals surface area (Å²) in [4.78, 5) is 0. The Morgan fingerprint density at radius 3 is 2.40 bits per heavy atom. The maximum Gasteiger partial charge on any atom is 0.116 e. The summed E-state index contributed by atoms with van der Waals surface area (Å²) < 4.78 is 0.864. The first kappa shape index (κ1) is 10.1. The summed E-state index contributed by atoms with van der Waals surface area (Å²) in [5, 5.41) is 9.36. The van der Waals surface area contributed by atoms with E-state index in [1.165, 1.54) is 0 Å². The minimum absolute atomic E-state index is 0.264. The number of phenolic OH excluding ortho intramolecular Hbond substituents is 1. The molecule has 0 radical (unpaired) electrons. The minimum atomic E-state index is 0.264. The monoisotopic (exact) mass is 263 g/mol. The van der Waals surface area contributed by atoms with Crippen molar-refractivity contribution >= 4 is 21.6 Å². The van der Waals surface area contributed by atoms with Crippen molar-refractivity contribution in [3.05, 3.63) is 46.9 Å². The molecule has 0 fully saturated rings. The van der Waals surface area contributed by atoms with Crippen LogP contribution < -0.4 is 5.73 Å². The third-order valence-corrected chi connectivity index (χ3v) is 2.87. The van der Waals surface area contributed by atoms with Crippen LogP contribution in [0.25, 0.3) is 11.1 Å². The molecule has 15 heavy (non-hydrogen) atoms. The average Bonchev–Trinajstić information content (AvgIpc) is 2.22. The predicted molar refractivity (Wildman–Crippen MR) is 65.7 cm³/mol. The van der Waals surface area contributed by atoms with Crippen LogP contribution in [0.3, 0.4) is 0 Å². The molecule has 0 aliphatic rings. The molecular formula is C12H10BrNO. The molecule has 2 rings (SSSR count). The molecule has 3 heteroatoms. The van der Waals surface area contributed by atoms with Crippen LogP contribution in [-0.4, -0.2) is 5.11 Å². The lowest BCUT2D eigenvalue weighted by Crippen LogP contribution is -1.86. The number of benzene rings is 2. The molecule has 2 aromatic carbocycles. The van der Waals surface area contributed by atoms with E-state index in [2.05, 4.69) is 15.9 Å². The van der Waals surface area contributed by atoms with Gasteiger partial charge >= 0.3 is 0 Å². The van der Waals surface area contributed by atoms with Crippen molar-refractivity contribution in [3.8, 4) is 16.9 Å². The molecule has 0 unspecified atom stereocenters. The van der Waals surface area contributed by atoms with Gasteiger partial charge in [-0.15, -0.1) is 0 Å². The fraction of sp³-hybridized carbons (Fsp3) is 0. The second-order valence-corrected chi connectivity index (χ2v) is 4.14. The molecule has 0 heterocycles. The highest BCUT2D eigenvalue weighted by atomic mass is 79.9. The van der Waals surface area contributed by atoms with Crippen LogP contribution in [0.4, 0.5) is 5.69 Å². The lowest BCUT2D eigenvalue weighted by atomic mass is 10.1. The predicted octanol–water partition coefficient (Wildman–Crippen LogP) is 3.40. The Balaban J connectivity index is 2.50. The number of nitrogens with two attached hydrogens (primary N) is 1. The van der Waals surface area contributed by atoms with Crippen molar-refractivity contribution in [3.63, 3.8) is 0 Å². The smallest absolute Gasteiger partial charge is 0.116 e. The van der Waals surface area contributed by atoms with Crippen LogP contribution in [-0.2, 0) is 0 Å². The number of hydrogen-bond donors (Lipinski definition) is 2. The van der Waals surface area contributed by atoms with Crippen LogP contribution in [0.1, 0.15) is 0 Å². The van der Waals surface area contributed by atoms with Crippen LogP contribution in [0, 0.1) is 0 Å². The van der Waals surface area contributed by atoms with Gasteiger partial charge in [-0.1, -0.05) is 18.2 Å². The second kappa shape index (κ2) is 3.95. The van der Waals surface area contributed by atoms with Crippen molar-refractivity contribution in [2.75, 3.05) is 5.73 Å².